The Morgan fingerprint density at radius 3 is 1.03 bits per heavy atom. The van der Waals surface area contributed by atoms with Crippen molar-refractivity contribution in [1.82, 2.24) is 0 Å². The summed E-state index contributed by atoms with van der Waals surface area (Å²) in [5.74, 6) is -2.11. The minimum Gasteiger partial charge on any atom is -0.550 e. The average molecular weight is 462 g/mol. The molecule has 2 atom stereocenters. The van der Waals surface area contributed by atoms with Crippen LogP contribution in [0.5, 0.6) is 0 Å². The van der Waals surface area contributed by atoms with Crippen LogP contribution in [0.4, 0.5) is 0 Å². The molecule has 0 aliphatic rings. The third-order valence-corrected chi connectivity index (χ3v) is 5.29. The van der Waals surface area contributed by atoms with Crippen LogP contribution in [0.1, 0.15) is 130 Å². The zero-order chi connectivity index (χ0) is 21.6. The maximum absolute atomic E-state index is 10.8. The van der Waals surface area contributed by atoms with Crippen LogP contribution in [0.3, 0.4) is 0 Å². The topological polar surface area (TPSA) is 80.3 Å². The van der Waals surface area contributed by atoms with Gasteiger partial charge < -0.3 is 19.8 Å². The molecule has 0 aromatic heterocycles. The zero-order valence-electron chi connectivity index (χ0n) is 19.4. The summed E-state index contributed by atoms with van der Waals surface area (Å²) < 4.78 is 0. The van der Waals surface area contributed by atoms with Crippen LogP contribution in [0.15, 0.2) is 0 Å². The van der Waals surface area contributed by atoms with E-state index < -0.39 is 11.9 Å². The Bertz CT molecular complexity index is 327. The first kappa shape index (κ1) is 33.1. The molecule has 0 bridgehead atoms. The number of rotatable bonds is 18. The second-order valence-corrected chi connectivity index (χ2v) is 8.02. The summed E-state index contributed by atoms with van der Waals surface area (Å²) in [6, 6.07) is 0. The molecule has 0 saturated heterocycles. The number of hydrogen-bond donors (Lipinski definition) is 0. The zero-order valence-corrected chi connectivity index (χ0v) is 20.3. The first-order valence-electron chi connectivity index (χ1n) is 11.9. The van der Waals surface area contributed by atoms with E-state index >= 15 is 0 Å². The molecule has 2 unspecified atom stereocenters. The van der Waals surface area contributed by atoms with E-state index in [1.54, 1.807) is 0 Å². The van der Waals surface area contributed by atoms with Crippen molar-refractivity contribution in [2.75, 3.05) is 0 Å². The number of carboxylic acid groups (broad SMARTS) is 2. The Hall–Kier alpha value is -0.541. The van der Waals surface area contributed by atoms with Crippen LogP contribution in [0.25, 0.3) is 0 Å². The molecule has 0 amide bonds. The predicted molar refractivity (Wildman–Crippen MR) is 114 cm³/mol. The molecule has 4 nitrogen and oxygen atoms in total. The van der Waals surface area contributed by atoms with Gasteiger partial charge in [-0.25, -0.2) is 0 Å². The summed E-state index contributed by atoms with van der Waals surface area (Å²) in [5, 5.41) is 21.5. The van der Waals surface area contributed by atoms with Crippen molar-refractivity contribution in [3.63, 3.8) is 0 Å². The van der Waals surface area contributed by atoms with E-state index in [4.69, 9.17) is 0 Å². The summed E-state index contributed by atoms with van der Waals surface area (Å²) in [6.45, 7) is 8.49. The Kier molecular flexibility index (Phi) is 29.1. The van der Waals surface area contributed by atoms with E-state index in [2.05, 4.69) is 27.7 Å². The Morgan fingerprint density at radius 1 is 0.517 bits per heavy atom. The number of carbonyl (C=O) groups is 2. The van der Waals surface area contributed by atoms with E-state index in [1.807, 2.05) is 0 Å². The van der Waals surface area contributed by atoms with Gasteiger partial charge in [-0.05, 0) is 37.5 Å². The largest absolute Gasteiger partial charge is 2.00 e. The molecule has 5 heteroatoms. The van der Waals surface area contributed by atoms with E-state index in [9.17, 15) is 19.8 Å². The van der Waals surface area contributed by atoms with E-state index in [-0.39, 0.29) is 28.9 Å². The molecule has 1 radical (unpaired) electrons. The van der Waals surface area contributed by atoms with Crippen LogP contribution in [-0.2, 0) is 26.7 Å². The summed E-state index contributed by atoms with van der Waals surface area (Å²) in [7, 11) is 0. The number of carbonyl (C=O) groups excluding carboxylic acids is 2. The van der Waals surface area contributed by atoms with Gasteiger partial charge in [-0.15, -0.1) is 0 Å². The first-order valence-corrected chi connectivity index (χ1v) is 11.9. The molecule has 0 spiro atoms. The van der Waals surface area contributed by atoms with Crippen molar-refractivity contribution in [3.05, 3.63) is 0 Å². The molecule has 0 aromatic carbocycles. The van der Waals surface area contributed by atoms with Crippen molar-refractivity contribution in [1.29, 1.82) is 0 Å². The standard InChI is InChI=1S/2C12H24O2.Cu/c2*1-3-5-7-8-10-11(12(13)14)9-6-4-2;/h2*11H,3-10H2,1-2H3,(H,13,14);/q;;+2/p-2. The predicted octanol–water partition coefficient (Wildman–Crippen LogP) is 5.02. The maximum Gasteiger partial charge on any atom is 2.00 e. The van der Waals surface area contributed by atoms with Gasteiger partial charge in [-0.3, -0.25) is 0 Å². The fourth-order valence-electron chi connectivity index (χ4n) is 3.30. The van der Waals surface area contributed by atoms with Crippen LogP contribution in [0, 0.1) is 11.8 Å². The van der Waals surface area contributed by atoms with E-state index in [1.165, 1.54) is 25.7 Å². The third-order valence-electron chi connectivity index (χ3n) is 5.29. The number of aliphatic carboxylic acids is 2. The fraction of sp³-hybridized carbons (Fsp3) is 0.917. The first-order chi connectivity index (χ1) is 13.4. The van der Waals surface area contributed by atoms with Crippen molar-refractivity contribution in [2.24, 2.45) is 11.8 Å². The van der Waals surface area contributed by atoms with Gasteiger partial charge in [0.2, 0.25) is 0 Å². The third kappa shape index (κ3) is 23.6. The summed E-state index contributed by atoms with van der Waals surface area (Å²) >= 11 is 0. The van der Waals surface area contributed by atoms with Gasteiger partial charge in [0.15, 0.2) is 0 Å². The van der Waals surface area contributed by atoms with E-state index in [0.29, 0.717) is 0 Å². The smallest absolute Gasteiger partial charge is 0.550 e. The monoisotopic (exact) mass is 461 g/mol. The summed E-state index contributed by atoms with van der Waals surface area (Å²) in [5.41, 5.74) is 0. The molecular weight excluding hydrogens is 416 g/mol. The Balaban J connectivity index is -0.000000451. The van der Waals surface area contributed by atoms with Crippen LogP contribution in [-0.4, -0.2) is 11.9 Å². The van der Waals surface area contributed by atoms with Crippen molar-refractivity contribution in [3.8, 4) is 0 Å². The van der Waals surface area contributed by atoms with Gasteiger partial charge in [-0.2, -0.15) is 0 Å². The van der Waals surface area contributed by atoms with Gasteiger partial charge in [-0.1, -0.05) is 105 Å². The van der Waals surface area contributed by atoms with Gasteiger partial charge in [0.25, 0.3) is 0 Å². The summed E-state index contributed by atoms with van der Waals surface area (Å²) in [4.78, 5) is 21.5. The minimum atomic E-state index is -0.852. The van der Waals surface area contributed by atoms with Crippen molar-refractivity contribution in [2.45, 2.75) is 130 Å². The minimum absolute atomic E-state index is 0. The Morgan fingerprint density at radius 2 is 0.793 bits per heavy atom. The van der Waals surface area contributed by atoms with Crippen LogP contribution >= 0.6 is 0 Å². The van der Waals surface area contributed by atoms with Crippen molar-refractivity contribution < 1.29 is 36.9 Å². The Labute approximate surface area is 191 Å². The SMILES string of the molecule is CCCCCCC(CCCC)C(=O)[O-].CCCCCCC(CCCC)C(=O)[O-].[Cu+2]. The second-order valence-electron chi connectivity index (χ2n) is 8.02. The molecule has 0 aliphatic heterocycles. The van der Waals surface area contributed by atoms with Gasteiger partial charge in [0.05, 0.1) is 0 Å². The van der Waals surface area contributed by atoms with Gasteiger partial charge >= 0.3 is 17.1 Å². The molecule has 0 aromatic rings. The quantitative estimate of drug-likeness (QED) is 0.212. The molecule has 0 saturated carbocycles. The molecule has 0 heterocycles. The molecule has 29 heavy (non-hydrogen) atoms. The number of unbranched alkanes of at least 4 members (excludes halogenated alkanes) is 8. The fourth-order valence-corrected chi connectivity index (χ4v) is 3.30. The molecule has 0 aliphatic carbocycles. The molecule has 0 N–H and O–H groups in total. The van der Waals surface area contributed by atoms with Gasteiger partial charge in [0, 0.05) is 11.9 Å². The van der Waals surface area contributed by atoms with Gasteiger partial charge in [0.1, 0.15) is 0 Å². The molecule has 0 rings (SSSR count). The second kappa shape index (κ2) is 25.5. The van der Waals surface area contributed by atoms with Crippen LogP contribution < -0.4 is 10.2 Å². The van der Waals surface area contributed by atoms with Crippen molar-refractivity contribution >= 4 is 11.9 Å². The molecular formula is C24H46CuO4. The van der Waals surface area contributed by atoms with Crippen LogP contribution in [0.2, 0.25) is 0 Å². The maximum atomic E-state index is 10.8. The normalized spacial score (nSPS) is 12.3. The average Bonchev–Trinajstić information content (AvgIpc) is 2.67. The molecule has 177 valence electrons. The summed E-state index contributed by atoms with van der Waals surface area (Å²) in [6.07, 6.45) is 16.6. The number of hydrogen-bond acceptors (Lipinski definition) is 4. The molecule has 0 fully saturated rings. The van der Waals surface area contributed by atoms with E-state index in [0.717, 1.165) is 77.0 Å². The number of carboxylic acids is 2.